The van der Waals surface area contributed by atoms with Crippen molar-refractivity contribution >= 4 is 52.1 Å². The maximum absolute atomic E-state index is 12.8. The highest BCUT2D eigenvalue weighted by atomic mass is 35.5. The number of nitrogens with zero attached hydrogens (tertiary/aromatic N) is 1. The Morgan fingerprint density at radius 1 is 1.10 bits per heavy atom. The van der Waals surface area contributed by atoms with E-state index in [0.29, 0.717) is 20.8 Å². The predicted octanol–water partition coefficient (Wildman–Crippen LogP) is 3.92. The summed E-state index contributed by atoms with van der Waals surface area (Å²) in [5.41, 5.74) is 0.108. The first kappa shape index (κ1) is 14.1. The molecule has 1 aliphatic carbocycles. The number of anilines is 1. The molecular weight excluding hydrogens is 315 g/mol. The molecule has 6 heteroatoms. The van der Waals surface area contributed by atoms with Gasteiger partial charge in [-0.05, 0) is 43.3 Å². The second-order valence-electron chi connectivity index (χ2n) is 5.34. The summed E-state index contributed by atoms with van der Waals surface area (Å²) in [6.07, 6.45) is 4.93. The third-order valence-electron chi connectivity index (χ3n) is 3.97. The molecule has 0 radical (unpaired) electrons. The highest BCUT2D eigenvalue weighted by Crippen LogP contribution is 2.37. The van der Waals surface area contributed by atoms with Crippen LogP contribution in [0.2, 0.25) is 10.0 Å². The average Bonchev–Trinajstić information content (AvgIpc) is 2.60. The molecule has 1 amide bonds. The van der Waals surface area contributed by atoms with Gasteiger partial charge in [0.2, 0.25) is 0 Å². The molecule has 1 aromatic rings. The zero-order valence-corrected chi connectivity index (χ0v) is 13.1. The van der Waals surface area contributed by atoms with Crippen molar-refractivity contribution < 1.29 is 4.79 Å². The van der Waals surface area contributed by atoms with E-state index in [9.17, 15) is 4.79 Å². The fourth-order valence-corrected chi connectivity index (χ4v) is 3.92. The molecule has 1 saturated heterocycles. The van der Waals surface area contributed by atoms with E-state index in [2.05, 4.69) is 5.32 Å². The molecule has 0 aromatic heterocycles. The smallest absolute Gasteiger partial charge is 0.259 e. The number of hydrogen-bond acceptors (Lipinski definition) is 2. The van der Waals surface area contributed by atoms with Gasteiger partial charge in [-0.15, -0.1) is 0 Å². The van der Waals surface area contributed by atoms with Gasteiger partial charge in [0.1, 0.15) is 5.54 Å². The zero-order chi connectivity index (χ0) is 14.3. The Hall–Kier alpha value is -0.840. The van der Waals surface area contributed by atoms with Gasteiger partial charge in [0.15, 0.2) is 5.11 Å². The van der Waals surface area contributed by atoms with Crippen molar-refractivity contribution in [3.63, 3.8) is 0 Å². The Balaban J connectivity index is 1.98. The summed E-state index contributed by atoms with van der Waals surface area (Å²) < 4.78 is 0. The van der Waals surface area contributed by atoms with Crippen LogP contribution in [0.3, 0.4) is 0 Å². The van der Waals surface area contributed by atoms with Gasteiger partial charge < -0.3 is 5.32 Å². The topological polar surface area (TPSA) is 32.3 Å². The third kappa shape index (κ3) is 2.30. The summed E-state index contributed by atoms with van der Waals surface area (Å²) in [7, 11) is 0. The minimum absolute atomic E-state index is 0.0144. The van der Waals surface area contributed by atoms with Crippen molar-refractivity contribution in [1.29, 1.82) is 0 Å². The van der Waals surface area contributed by atoms with Crippen molar-refractivity contribution in [1.82, 2.24) is 5.32 Å². The largest absolute Gasteiger partial charge is 0.348 e. The van der Waals surface area contributed by atoms with Gasteiger partial charge in [-0.2, -0.15) is 0 Å². The molecule has 1 saturated carbocycles. The maximum Gasteiger partial charge on any atom is 0.259 e. The number of halogens is 2. The van der Waals surface area contributed by atoms with Crippen LogP contribution in [0.5, 0.6) is 0 Å². The van der Waals surface area contributed by atoms with Crippen molar-refractivity contribution in [2.75, 3.05) is 4.90 Å². The number of benzene rings is 1. The highest BCUT2D eigenvalue weighted by molar-refractivity contribution is 7.80. The van der Waals surface area contributed by atoms with Gasteiger partial charge in [0.05, 0.1) is 5.69 Å². The van der Waals surface area contributed by atoms with Crippen LogP contribution in [0.15, 0.2) is 18.2 Å². The van der Waals surface area contributed by atoms with E-state index in [1.807, 2.05) is 0 Å². The number of nitrogens with one attached hydrogen (secondary N) is 1. The summed E-state index contributed by atoms with van der Waals surface area (Å²) in [6.45, 7) is 0. The monoisotopic (exact) mass is 328 g/mol. The Bertz CT molecular complexity index is 564. The summed E-state index contributed by atoms with van der Waals surface area (Å²) in [5.74, 6) is 0.0144. The molecule has 1 aliphatic heterocycles. The molecule has 1 heterocycles. The fraction of sp³-hybridized carbons (Fsp3) is 0.429. The van der Waals surface area contributed by atoms with E-state index in [1.165, 1.54) is 11.3 Å². The van der Waals surface area contributed by atoms with Gasteiger partial charge in [0.25, 0.3) is 5.91 Å². The van der Waals surface area contributed by atoms with Crippen LogP contribution in [0.1, 0.15) is 32.1 Å². The molecule has 0 bridgehead atoms. The van der Waals surface area contributed by atoms with Crippen molar-refractivity contribution in [3.8, 4) is 0 Å². The molecule has 0 atom stereocenters. The molecule has 2 aliphatic rings. The first-order valence-corrected chi connectivity index (χ1v) is 7.81. The SMILES string of the molecule is O=C1N(c2cc(Cl)cc(Cl)c2)C(=S)NC12CCCCC2. The van der Waals surface area contributed by atoms with Crippen LogP contribution in [-0.2, 0) is 4.79 Å². The molecule has 3 nitrogen and oxygen atoms in total. The number of carbonyl (C=O) groups is 1. The van der Waals surface area contributed by atoms with E-state index >= 15 is 0 Å². The Morgan fingerprint density at radius 2 is 1.70 bits per heavy atom. The summed E-state index contributed by atoms with van der Waals surface area (Å²) in [5, 5.41) is 4.65. The second-order valence-corrected chi connectivity index (χ2v) is 6.60. The molecule has 1 N–H and O–H groups in total. The summed E-state index contributed by atoms with van der Waals surface area (Å²) in [6, 6.07) is 5.06. The second kappa shape index (κ2) is 5.17. The van der Waals surface area contributed by atoms with E-state index in [0.717, 1.165) is 25.7 Å². The number of rotatable bonds is 1. The quantitative estimate of drug-likeness (QED) is 0.793. The van der Waals surface area contributed by atoms with Crippen LogP contribution in [0.4, 0.5) is 5.69 Å². The van der Waals surface area contributed by atoms with Gasteiger partial charge in [0, 0.05) is 10.0 Å². The number of thiocarbonyl (C=S) groups is 1. The maximum atomic E-state index is 12.8. The van der Waals surface area contributed by atoms with E-state index < -0.39 is 5.54 Å². The lowest BCUT2D eigenvalue weighted by Crippen LogP contribution is -2.48. The number of amides is 1. The lowest BCUT2D eigenvalue weighted by molar-refractivity contribution is -0.123. The van der Waals surface area contributed by atoms with Crippen LogP contribution >= 0.6 is 35.4 Å². The van der Waals surface area contributed by atoms with Gasteiger partial charge >= 0.3 is 0 Å². The summed E-state index contributed by atoms with van der Waals surface area (Å²) >= 11 is 17.4. The van der Waals surface area contributed by atoms with Crippen LogP contribution in [-0.4, -0.2) is 16.6 Å². The highest BCUT2D eigenvalue weighted by Gasteiger charge is 2.50. The van der Waals surface area contributed by atoms with Crippen molar-refractivity contribution in [2.45, 2.75) is 37.6 Å². The van der Waals surface area contributed by atoms with Gasteiger partial charge in [-0.25, -0.2) is 0 Å². The Kier molecular flexibility index (Phi) is 3.65. The number of hydrogen-bond donors (Lipinski definition) is 1. The molecule has 2 fully saturated rings. The molecule has 106 valence electrons. The van der Waals surface area contributed by atoms with Crippen LogP contribution in [0, 0.1) is 0 Å². The minimum Gasteiger partial charge on any atom is -0.348 e. The van der Waals surface area contributed by atoms with Crippen molar-refractivity contribution in [2.24, 2.45) is 0 Å². The normalized spacial score (nSPS) is 21.4. The molecule has 3 rings (SSSR count). The molecular formula is C14H14Cl2N2OS. The van der Waals surface area contributed by atoms with Crippen LogP contribution in [0.25, 0.3) is 0 Å². The van der Waals surface area contributed by atoms with Gasteiger partial charge in [-0.1, -0.05) is 42.5 Å². The fourth-order valence-electron chi connectivity index (χ4n) is 3.02. The zero-order valence-electron chi connectivity index (χ0n) is 10.8. The third-order valence-corrected chi connectivity index (χ3v) is 4.70. The number of carbonyl (C=O) groups excluding carboxylic acids is 1. The Labute approximate surface area is 133 Å². The molecule has 0 unspecified atom stereocenters. The van der Waals surface area contributed by atoms with E-state index in [1.54, 1.807) is 18.2 Å². The molecule has 1 aromatic carbocycles. The van der Waals surface area contributed by atoms with E-state index in [4.69, 9.17) is 35.4 Å². The molecule has 20 heavy (non-hydrogen) atoms. The van der Waals surface area contributed by atoms with E-state index in [-0.39, 0.29) is 5.91 Å². The average molecular weight is 329 g/mol. The summed E-state index contributed by atoms with van der Waals surface area (Å²) in [4.78, 5) is 14.3. The standard InChI is InChI=1S/C14H14Cl2N2OS/c15-9-6-10(16)8-11(7-9)18-12(19)14(17-13(18)20)4-2-1-3-5-14/h6-8H,1-5H2,(H,17,20). The molecule has 1 spiro atoms. The lowest BCUT2D eigenvalue weighted by Gasteiger charge is -2.30. The minimum atomic E-state index is -0.524. The predicted molar refractivity (Wildman–Crippen MR) is 85.5 cm³/mol. The lowest BCUT2D eigenvalue weighted by atomic mass is 9.82. The van der Waals surface area contributed by atoms with Crippen molar-refractivity contribution in [3.05, 3.63) is 28.2 Å². The van der Waals surface area contributed by atoms with Gasteiger partial charge in [-0.3, -0.25) is 9.69 Å². The first-order chi connectivity index (χ1) is 9.52. The first-order valence-electron chi connectivity index (χ1n) is 6.65. The Morgan fingerprint density at radius 3 is 2.30 bits per heavy atom. The van der Waals surface area contributed by atoms with Crippen LogP contribution < -0.4 is 10.2 Å².